The predicted molar refractivity (Wildman–Crippen MR) is 113 cm³/mol. The Labute approximate surface area is 178 Å². The summed E-state index contributed by atoms with van der Waals surface area (Å²) in [4.78, 5) is 30.5. The first-order valence-corrected chi connectivity index (χ1v) is 11.3. The molecule has 3 heterocycles. The van der Waals surface area contributed by atoms with Crippen LogP contribution in [-0.2, 0) is 14.4 Å². The molecule has 30 heavy (non-hydrogen) atoms. The molecule has 0 radical (unpaired) electrons. The molecular formula is C23H33N3O4. The third-order valence-corrected chi connectivity index (χ3v) is 7.50. The van der Waals surface area contributed by atoms with Crippen LogP contribution in [0.2, 0.25) is 0 Å². The van der Waals surface area contributed by atoms with E-state index >= 15 is 0 Å². The quantitative estimate of drug-likeness (QED) is 0.648. The molecule has 1 aromatic heterocycles. The minimum absolute atomic E-state index is 0.0899. The van der Waals surface area contributed by atoms with E-state index in [9.17, 15) is 9.59 Å². The molecule has 2 fully saturated rings. The maximum atomic E-state index is 13.1. The number of carbonyl (C=O) groups excluding carboxylic acids is 2. The highest BCUT2D eigenvalue weighted by Crippen LogP contribution is 2.53. The van der Waals surface area contributed by atoms with Crippen molar-refractivity contribution in [1.29, 1.82) is 0 Å². The summed E-state index contributed by atoms with van der Waals surface area (Å²) >= 11 is 0. The molecule has 0 bridgehead atoms. The van der Waals surface area contributed by atoms with E-state index in [0.717, 1.165) is 81.9 Å². The third kappa shape index (κ3) is 3.32. The first-order valence-electron chi connectivity index (χ1n) is 11.3. The van der Waals surface area contributed by atoms with Crippen molar-refractivity contribution in [3.05, 3.63) is 23.5 Å². The number of ether oxygens (including phenoxy) is 1. The highest BCUT2D eigenvalue weighted by molar-refractivity contribution is 5.86. The van der Waals surface area contributed by atoms with Crippen LogP contribution in [0.15, 0.2) is 12.3 Å². The summed E-state index contributed by atoms with van der Waals surface area (Å²) in [5.74, 6) is 0.110. The Morgan fingerprint density at radius 2 is 2.13 bits per heavy atom. The zero-order valence-electron chi connectivity index (χ0n) is 18.4. The number of hydroxylamine groups is 2. The summed E-state index contributed by atoms with van der Waals surface area (Å²) in [6.45, 7) is 4.92. The van der Waals surface area contributed by atoms with Gasteiger partial charge in [-0.05, 0) is 63.4 Å². The number of hydrogen-bond donors (Lipinski definition) is 0. The summed E-state index contributed by atoms with van der Waals surface area (Å²) in [6, 6.07) is 0. The number of aldehydes is 1. The molecule has 1 spiro atoms. The van der Waals surface area contributed by atoms with Gasteiger partial charge in [0.15, 0.2) is 6.29 Å². The van der Waals surface area contributed by atoms with Gasteiger partial charge >= 0.3 is 0 Å². The van der Waals surface area contributed by atoms with E-state index < -0.39 is 0 Å². The zero-order chi connectivity index (χ0) is 21.4. The summed E-state index contributed by atoms with van der Waals surface area (Å²) in [6.07, 6.45) is 12.6. The van der Waals surface area contributed by atoms with Crippen molar-refractivity contribution in [3.8, 4) is 0 Å². The highest BCUT2D eigenvalue weighted by atomic mass is 16.7. The summed E-state index contributed by atoms with van der Waals surface area (Å²) in [5.41, 5.74) is 1.78. The van der Waals surface area contributed by atoms with Gasteiger partial charge in [-0.1, -0.05) is 19.9 Å². The molecular weight excluding hydrogens is 382 g/mol. The molecule has 3 aliphatic rings. The Morgan fingerprint density at radius 3 is 2.70 bits per heavy atom. The van der Waals surface area contributed by atoms with Crippen LogP contribution in [0.4, 0.5) is 0 Å². The second-order valence-corrected chi connectivity index (χ2v) is 8.96. The minimum Gasteiger partial charge on any atom is -0.357 e. The molecule has 7 nitrogen and oxygen atoms in total. The van der Waals surface area contributed by atoms with Gasteiger partial charge in [-0.3, -0.25) is 14.4 Å². The number of rotatable bonds is 6. The molecule has 2 unspecified atom stereocenters. The largest absolute Gasteiger partial charge is 0.357 e. The van der Waals surface area contributed by atoms with Crippen LogP contribution < -0.4 is 0 Å². The number of amides is 1. The lowest BCUT2D eigenvalue weighted by Gasteiger charge is -2.38. The molecule has 7 heteroatoms. The third-order valence-electron chi connectivity index (χ3n) is 7.50. The van der Waals surface area contributed by atoms with Crippen molar-refractivity contribution < 1.29 is 19.2 Å². The van der Waals surface area contributed by atoms with Gasteiger partial charge in [0.1, 0.15) is 6.23 Å². The maximum Gasteiger partial charge on any atom is 0.252 e. The minimum atomic E-state index is -0.338. The first kappa shape index (κ1) is 21.2. The van der Waals surface area contributed by atoms with E-state index in [1.54, 1.807) is 12.2 Å². The van der Waals surface area contributed by atoms with Gasteiger partial charge in [-0.2, -0.15) is 5.10 Å². The Balaban J connectivity index is 1.60. The Hall–Kier alpha value is -1.99. The second kappa shape index (κ2) is 8.27. The fraction of sp³-hybridized carbons (Fsp3) is 0.696. The summed E-state index contributed by atoms with van der Waals surface area (Å²) < 4.78 is 7.64. The molecule has 0 aromatic carbocycles. The topological polar surface area (TPSA) is 73.7 Å². The normalized spacial score (nSPS) is 28.8. The van der Waals surface area contributed by atoms with Crippen molar-refractivity contribution >= 4 is 17.8 Å². The lowest BCUT2D eigenvalue weighted by molar-refractivity contribution is -0.199. The van der Waals surface area contributed by atoms with Crippen LogP contribution in [-0.4, -0.2) is 46.3 Å². The van der Waals surface area contributed by atoms with Gasteiger partial charge in [0.05, 0.1) is 29.3 Å². The van der Waals surface area contributed by atoms with Crippen LogP contribution in [0.5, 0.6) is 0 Å². The lowest BCUT2D eigenvalue weighted by atomic mass is 9.71. The van der Waals surface area contributed by atoms with Crippen molar-refractivity contribution in [2.45, 2.75) is 83.4 Å². The molecule has 2 atom stereocenters. The zero-order valence-corrected chi connectivity index (χ0v) is 18.4. The van der Waals surface area contributed by atoms with Crippen LogP contribution >= 0.6 is 0 Å². The van der Waals surface area contributed by atoms with Crippen LogP contribution in [0.1, 0.15) is 93.9 Å². The molecule has 2 saturated heterocycles. The van der Waals surface area contributed by atoms with E-state index in [1.807, 2.05) is 10.9 Å². The van der Waals surface area contributed by atoms with E-state index in [0.29, 0.717) is 5.56 Å². The monoisotopic (exact) mass is 415 g/mol. The van der Waals surface area contributed by atoms with Crippen LogP contribution in [0.25, 0.3) is 5.57 Å². The molecule has 2 aliphatic heterocycles. The average Bonchev–Trinajstić information content (AvgIpc) is 3.32. The molecule has 1 aliphatic carbocycles. The van der Waals surface area contributed by atoms with Crippen LogP contribution in [0, 0.1) is 5.41 Å². The lowest BCUT2D eigenvalue weighted by Crippen LogP contribution is -2.46. The van der Waals surface area contributed by atoms with Crippen molar-refractivity contribution in [2.24, 2.45) is 5.41 Å². The fourth-order valence-corrected chi connectivity index (χ4v) is 5.55. The molecule has 0 N–H and O–H groups in total. The van der Waals surface area contributed by atoms with E-state index in [4.69, 9.17) is 14.7 Å². The number of carbonyl (C=O) groups is 2. The van der Waals surface area contributed by atoms with Crippen LogP contribution in [0.3, 0.4) is 0 Å². The number of aromatic nitrogens is 2. The molecule has 1 amide bonds. The predicted octanol–water partition coefficient (Wildman–Crippen LogP) is 4.30. The summed E-state index contributed by atoms with van der Waals surface area (Å²) in [7, 11) is 1.59. The molecule has 0 saturated carbocycles. The Kier molecular flexibility index (Phi) is 5.86. The van der Waals surface area contributed by atoms with Gasteiger partial charge in [-0.15, -0.1) is 0 Å². The van der Waals surface area contributed by atoms with E-state index in [1.165, 1.54) is 0 Å². The van der Waals surface area contributed by atoms with Crippen molar-refractivity contribution in [3.63, 3.8) is 0 Å². The molecule has 4 rings (SSSR count). The number of allylic oxidation sites excluding steroid dienone is 1. The van der Waals surface area contributed by atoms with Crippen molar-refractivity contribution in [2.75, 3.05) is 13.7 Å². The summed E-state index contributed by atoms with van der Waals surface area (Å²) in [5, 5.41) is 6.38. The highest BCUT2D eigenvalue weighted by Gasteiger charge is 2.58. The van der Waals surface area contributed by atoms with Crippen molar-refractivity contribution in [1.82, 2.24) is 14.8 Å². The smallest absolute Gasteiger partial charge is 0.252 e. The Morgan fingerprint density at radius 1 is 1.33 bits per heavy atom. The first-order chi connectivity index (χ1) is 14.5. The standard InChI is InChI=1S/C23H33N3O4/c1-4-22(5-2)16-23(26(29-3)21(22)28)11-9-17(10-12-23)20-18(15-27)14-25(24-20)19-8-6-7-13-30-19/h9,14-15,19H,4-8,10-13,16H2,1-3H3. The van der Waals surface area contributed by atoms with Gasteiger partial charge < -0.3 is 4.74 Å². The van der Waals surface area contributed by atoms with Gasteiger partial charge in [0.25, 0.3) is 5.91 Å². The van der Waals surface area contributed by atoms with Gasteiger partial charge in [0.2, 0.25) is 0 Å². The number of nitrogens with zero attached hydrogens (tertiary/aromatic N) is 3. The molecule has 164 valence electrons. The van der Waals surface area contributed by atoms with E-state index in [-0.39, 0.29) is 23.1 Å². The maximum absolute atomic E-state index is 13.1. The van der Waals surface area contributed by atoms with E-state index in [2.05, 4.69) is 19.9 Å². The number of hydrogen-bond acceptors (Lipinski definition) is 5. The fourth-order valence-electron chi connectivity index (χ4n) is 5.55. The van der Waals surface area contributed by atoms with Gasteiger partial charge in [0, 0.05) is 12.8 Å². The van der Waals surface area contributed by atoms with Gasteiger partial charge in [-0.25, -0.2) is 9.75 Å². The second-order valence-electron chi connectivity index (χ2n) is 8.96. The average molecular weight is 416 g/mol. The molecule has 1 aromatic rings. The Bertz CT molecular complexity index is 836. The SMILES string of the molecule is CCC1(CC)CC2(CC=C(c3nn(C4CCCCO4)cc3C=O)CC2)N(OC)C1=O.